The molecule has 0 amide bonds. The number of benzene rings is 7. The van der Waals surface area contributed by atoms with E-state index in [1.807, 2.05) is 47.7 Å². The van der Waals surface area contributed by atoms with E-state index in [4.69, 9.17) is 5.73 Å². The lowest BCUT2D eigenvalue weighted by Crippen LogP contribution is -1.95. The van der Waals surface area contributed by atoms with Crippen molar-refractivity contribution in [2.45, 2.75) is 19.8 Å². The second-order valence-corrected chi connectivity index (χ2v) is 16.3. The normalized spacial score (nSPS) is 12.2. The highest BCUT2D eigenvalue weighted by atomic mass is 32.1. The van der Waals surface area contributed by atoms with Crippen molar-refractivity contribution in [2.24, 2.45) is 28.7 Å². The maximum atomic E-state index is 5.31. The zero-order valence-electron chi connectivity index (χ0n) is 35.1. The summed E-state index contributed by atoms with van der Waals surface area (Å²) < 4.78 is 7.40. The number of thiophene rings is 1. The largest absolute Gasteiger partial charge is 0.344 e. The average Bonchev–Trinajstić information content (AvgIpc) is 3.96. The Labute approximate surface area is 362 Å². The molecule has 0 bridgehead atoms. The molecule has 0 saturated carbocycles. The monoisotopic (exact) mass is 813 g/mol. The molecule has 0 aliphatic carbocycles. The van der Waals surface area contributed by atoms with Crippen molar-refractivity contribution >= 4 is 87.7 Å². The standard InChI is InChI=1S/C37H24N2S.C9H10N2.C9H17N/c1-38-31-13-5-3-11-28(31)37-25(12-8-15-34(37)38)23-17-19-33-29(21-23)26-9-2-6-14-32(26)39(33)24-18-20-36-30(22-24)27-10-4-7-16-35(27)40-36;1-10-9(11-2)8-6-4-3-5-7-8;1-3-9(2)7-5-4-6-8-10/h2-22H,1H3;3-7H,1H2,2H3;3-5,9H,1,6-8,10H2,2H3/b;;5-4-. The van der Waals surface area contributed by atoms with Gasteiger partial charge in [0.2, 0.25) is 0 Å². The molecule has 0 aliphatic rings. The Balaban J connectivity index is 0.000000203. The number of aliphatic imine (C=N–C) groups is 2. The fraction of sp³-hybridized carbons (Fsp3) is 0.127. The van der Waals surface area contributed by atoms with Crippen LogP contribution in [0, 0.1) is 5.92 Å². The van der Waals surface area contributed by atoms with Gasteiger partial charge in [-0.25, -0.2) is 4.99 Å². The van der Waals surface area contributed by atoms with Crippen LogP contribution >= 0.6 is 11.3 Å². The van der Waals surface area contributed by atoms with Crippen LogP contribution in [0.2, 0.25) is 0 Å². The van der Waals surface area contributed by atoms with Gasteiger partial charge >= 0.3 is 0 Å². The van der Waals surface area contributed by atoms with Gasteiger partial charge < -0.3 is 14.9 Å². The highest BCUT2D eigenvalue weighted by molar-refractivity contribution is 7.25. The fourth-order valence-electron chi connectivity index (χ4n) is 8.22. The lowest BCUT2D eigenvalue weighted by Gasteiger charge is -2.10. The van der Waals surface area contributed by atoms with Gasteiger partial charge in [-0.2, -0.15) is 0 Å². The zero-order valence-corrected chi connectivity index (χ0v) is 35.9. The van der Waals surface area contributed by atoms with Gasteiger partial charge in [0.1, 0.15) is 0 Å². The molecule has 0 saturated heterocycles. The number of amidine groups is 1. The molecule has 10 aromatic rings. The minimum absolute atomic E-state index is 0.592. The molecule has 0 spiro atoms. The van der Waals surface area contributed by atoms with Crippen molar-refractivity contribution in [3.05, 3.63) is 188 Å². The first-order valence-electron chi connectivity index (χ1n) is 20.8. The second-order valence-electron chi connectivity index (χ2n) is 15.2. The summed E-state index contributed by atoms with van der Waals surface area (Å²) in [6.07, 6.45) is 8.33. The molecule has 1 atom stereocenters. The molecule has 0 fully saturated rings. The number of aryl methyl sites for hydroxylation is 1. The number of fused-ring (bicyclic) bond motifs is 9. The van der Waals surface area contributed by atoms with E-state index in [1.165, 1.54) is 80.6 Å². The van der Waals surface area contributed by atoms with Gasteiger partial charge in [0.05, 0.1) is 11.0 Å². The molecular weight excluding hydrogens is 763 g/mol. The van der Waals surface area contributed by atoms with Gasteiger partial charge in [-0.05, 0) is 97.7 Å². The predicted octanol–water partition coefficient (Wildman–Crippen LogP) is 14.3. The summed E-state index contributed by atoms with van der Waals surface area (Å²) in [5, 5.41) is 7.83. The first kappa shape index (κ1) is 40.9. The Morgan fingerprint density at radius 1 is 0.672 bits per heavy atom. The smallest absolute Gasteiger partial charge is 0.153 e. The number of hydrogen-bond acceptors (Lipinski definition) is 3. The van der Waals surface area contributed by atoms with Crippen LogP contribution in [-0.4, -0.2) is 35.3 Å². The number of hydrogen-bond donors (Lipinski definition) is 1. The van der Waals surface area contributed by atoms with E-state index in [1.54, 1.807) is 7.05 Å². The number of nitrogens with two attached hydrogens (primary N) is 1. The van der Waals surface area contributed by atoms with E-state index < -0.39 is 0 Å². The Kier molecular flexibility index (Phi) is 12.5. The number of aromatic nitrogens is 2. The Hall–Kier alpha value is -6.86. The highest BCUT2D eigenvalue weighted by Gasteiger charge is 2.17. The van der Waals surface area contributed by atoms with Crippen molar-refractivity contribution in [1.29, 1.82) is 0 Å². The summed E-state index contributed by atoms with van der Waals surface area (Å²) in [7, 11) is 3.87. The van der Waals surface area contributed by atoms with E-state index >= 15 is 0 Å². The van der Waals surface area contributed by atoms with Gasteiger partial charge in [-0.1, -0.05) is 128 Å². The summed E-state index contributed by atoms with van der Waals surface area (Å²) in [5.41, 5.74) is 15.0. The molecule has 6 heteroatoms. The maximum Gasteiger partial charge on any atom is 0.153 e. The van der Waals surface area contributed by atoms with Crippen LogP contribution in [0.4, 0.5) is 0 Å². The van der Waals surface area contributed by atoms with Crippen LogP contribution in [0.3, 0.4) is 0 Å². The lowest BCUT2D eigenvalue weighted by molar-refractivity contribution is 0.744. The Bertz CT molecular complexity index is 3210. The van der Waals surface area contributed by atoms with Crippen molar-refractivity contribution in [3.8, 4) is 16.8 Å². The van der Waals surface area contributed by atoms with E-state index in [-0.39, 0.29) is 0 Å². The molecule has 7 aromatic carbocycles. The third-order valence-corrected chi connectivity index (χ3v) is 12.5. The van der Waals surface area contributed by atoms with Crippen molar-refractivity contribution < 1.29 is 0 Å². The molecule has 10 rings (SSSR count). The summed E-state index contributed by atoms with van der Waals surface area (Å²) in [4.78, 5) is 7.74. The van der Waals surface area contributed by atoms with Crippen molar-refractivity contribution in [2.75, 3.05) is 13.6 Å². The minimum Gasteiger partial charge on any atom is -0.344 e. The summed E-state index contributed by atoms with van der Waals surface area (Å²) in [6, 6.07) is 56.6. The summed E-state index contributed by atoms with van der Waals surface area (Å²) >= 11 is 1.87. The van der Waals surface area contributed by atoms with Gasteiger partial charge in [0, 0.05) is 78.1 Å². The van der Waals surface area contributed by atoms with Crippen LogP contribution in [0.15, 0.2) is 193 Å². The number of nitrogens with zero attached hydrogens (tertiary/aromatic N) is 4. The summed E-state index contributed by atoms with van der Waals surface area (Å²) in [6.45, 7) is 10.0. The molecule has 3 heterocycles. The Morgan fingerprint density at radius 3 is 2.10 bits per heavy atom. The SMILES string of the molecule is C=CC(C)C/C=C\CCN.C=NC(=NC)c1ccccc1.Cn1c2ccccc2c2c(-c3ccc4c(c3)c3ccccc3n4-c3ccc4sc5ccccc5c4c3)cccc21. The molecule has 61 heavy (non-hydrogen) atoms. The van der Waals surface area contributed by atoms with Crippen LogP contribution in [0.5, 0.6) is 0 Å². The van der Waals surface area contributed by atoms with Crippen LogP contribution < -0.4 is 5.73 Å². The van der Waals surface area contributed by atoms with E-state index in [0.29, 0.717) is 11.8 Å². The molecule has 3 aromatic heterocycles. The molecule has 302 valence electrons. The predicted molar refractivity (Wildman–Crippen MR) is 268 cm³/mol. The van der Waals surface area contributed by atoms with Gasteiger partial charge in [0.25, 0.3) is 0 Å². The second kappa shape index (κ2) is 18.6. The van der Waals surface area contributed by atoms with Gasteiger partial charge in [-0.15, -0.1) is 17.9 Å². The minimum atomic E-state index is 0.592. The van der Waals surface area contributed by atoms with Crippen LogP contribution in [0.25, 0.3) is 80.6 Å². The topological polar surface area (TPSA) is 60.6 Å². The highest BCUT2D eigenvalue weighted by Crippen LogP contribution is 2.41. The molecule has 0 radical (unpaired) electrons. The maximum absolute atomic E-state index is 5.31. The third kappa shape index (κ3) is 8.21. The molecule has 0 aliphatic heterocycles. The average molecular weight is 814 g/mol. The quantitative estimate of drug-likeness (QED) is 0.0927. The molecule has 1 unspecified atom stereocenters. The lowest BCUT2D eigenvalue weighted by atomic mass is 9.98. The number of allylic oxidation sites excluding steroid dienone is 2. The van der Waals surface area contributed by atoms with Crippen LogP contribution in [0.1, 0.15) is 25.3 Å². The van der Waals surface area contributed by atoms with Crippen molar-refractivity contribution in [1.82, 2.24) is 9.13 Å². The van der Waals surface area contributed by atoms with Gasteiger partial charge in [-0.3, -0.25) is 4.99 Å². The van der Waals surface area contributed by atoms with E-state index in [0.717, 1.165) is 24.9 Å². The third-order valence-electron chi connectivity index (χ3n) is 11.3. The number of para-hydroxylation sites is 2. The zero-order chi connectivity index (χ0) is 42.3. The molecular formula is C55H51N5S. The molecule has 2 N–H and O–H groups in total. The Morgan fingerprint density at radius 2 is 1.34 bits per heavy atom. The fourth-order valence-corrected chi connectivity index (χ4v) is 9.31. The van der Waals surface area contributed by atoms with E-state index in [9.17, 15) is 0 Å². The summed E-state index contributed by atoms with van der Waals surface area (Å²) in [5.74, 6) is 1.28. The van der Waals surface area contributed by atoms with E-state index in [2.05, 4.69) is 186 Å². The first-order valence-corrected chi connectivity index (χ1v) is 21.6. The number of rotatable bonds is 8. The molecule has 5 nitrogen and oxygen atoms in total. The van der Waals surface area contributed by atoms with Crippen molar-refractivity contribution in [3.63, 3.8) is 0 Å². The van der Waals surface area contributed by atoms with Gasteiger partial charge in [0.15, 0.2) is 5.84 Å². The first-order chi connectivity index (χ1) is 29.9. The van der Waals surface area contributed by atoms with Crippen LogP contribution in [-0.2, 0) is 7.05 Å².